The molecule has 4 rings (SSSR count). The number of carbonyl (C=O) groups excluding carboxylic acids is 1. The minimum Gasteiger partial charge on any atom is -0.346 e. The molecule has 0 saturated heterocycles. The SMILES string of the molecule is Cc1ccc(S(=O)(=O)NCc2ccccc2)cc1C(=O)NCc1nc2ccccc2s1. The van der Waals surface area contributed by atoms with Crippen molar-refractivity contribution in [2.24, 2.45) is 0 Å². The molecule has 8 heteroatoms. The Kier molecular flexibility index (Phi) is 6.13. The summed E-state index contributed by atoms with van der Waals surface area (Å²) in [6, 6.07) is 21.6. The van der Waals surface area contributed by atoms with E-state index in [1.807, 2.05) is 54.6 Å². The number of benzene rings is 3. The fraction of sp³-hybridized carbons (Fsp3) is 0.130. The summed E-state index contributed by atoms with van der Waals surface area (Å²) in [5.41, 5.74) is 2.77. The number of hydrogen-bond donors (Lipinski definition) is 2. The summed E-state index contributed by atoms with van der Waals surface area (Å²) in [5, 5.41) is 3.64. The molecule has 158 valence electrons. The molecule has 0 saturated carbocycles. The molecule has 2 N–H and O–H groups in total. The van der Waals surface area contributed by atoms with E-state index in [1.54, 1.807) is 13.0 Å². The maximum Gasteiger partial charge on any atom is 0.251 e. The minimum atomic E-state index is -3.76. The van der Waals surface area contributed by atoms with Crippen LogP contribution in [0.5, 0.6) is 0 Å². The second kappa shape index (κ2) is 8.97. The molecule has 31 heavy (non-hydrogen) atoms. The molecule has 3 aromatic carbocycles. The number of fused-ring (bicyclic) bond motifs is 1. The smallest absolute Gasteiger partial charge is 0.251 e. The lowest BCUT2D eigenvalue weighted by Gasteiger charge is -2.11. The van der Waals surface area contributed by atoms with Gasteiger partial charge in [0, 0.05) is 12.1 Å². The molecule has 6 nitrogen and oxygen atoms in total. The van der Waals surface area contributed by atoms with E-state index in [2.05, 4.69) is 15.0 Å². The minimum absolute atomic E-state index is 0.0548. The van der Waals surface area contributed by atoms with Crippen molar-refractivity contribution in [2.75, 3.05) is 0 Å². The van der Waals surface area contributed by atoms with Crippen molar-refractivity contribution >= 4 is 37.5 Å². The molecule has 1 heterocycles. The normalized spacial score (nSPS) is 11.5. The van der Waals surface area contributed by atoms with Crippen molar-refractivity contribution in [2.45, 2.75) is 24.9 Å². The number of carbonyl (C=O) groups is 1. The summed E-state index contributed by atoms with van der Waals surface area (Å²) in [5.74, 6) is -0.336. The van der Waals surface area contributed by atoms with Crippen molar-refractivity contribution in [3.63, 3.8) is 0 Å². The van der Waals surface area contributed by atoms with Crippen molar-refractivity contribution in [3.05, 3.63) is 94.5 Å². The van der Waals surface area contributed by atoms with E-state index >= 15 is 0 Å². The number of hydrogen-bond acceptors (Lipinski definition) is 5. The zero-order chi connectivity index (χ0) is 21.8. The third-order valence-electron chi connectivity index (χ3n) is 4.81. The van der Waals surface area contributed by atoms with E-state index in [4.69, 9.17) is 0 Å². The average Bonchev–Trinajstić information content (AvgIpc) is 3.20. The number of thiazole rings is 1. The first-order valence-electron chi connectivity index (χ1n) is 9.69. The van der Waals surface area contributed by atoms with Gasteiger partial charge in [-0.3, -0.25) is 4.79 Å². The standard InChI is InChI=1S/C23H21N3O3S2/c1-16-11-12-18(31(28,29)25-14-17-7-3-2-4-8-17)13-19(16)23(27)24-15-22-26-20-9-5-6-10-21(20)30-22/h2-13,25H,14-15H2,1H3,(H,24,27). The summed E-state index contributed by atoms with van der Waals surface area (Å²) >= 11 is 1.52. The summed E-state index contributed by atoms with van der Waals surface area (Å²) in [4.78, 5) is 17.3. The van der Waals surface area contributed by atoms with Gasteiger partial charge in [-0.15, -0.1) is 11.3 Å². The Labute approximate surface area is 185 Å². The van der Waals surface area contributed by atoms with E-state index < -0.39 is 10.0 Å². The monoisotopic (exact) mass is 451 g/mol. The Morgan fingerprint density at radius 1 is 0.968 bits per heavy atom. The molecule has 1 amide bonds. The fourth-order valence-corrected chi connectivity index (χ4v) is 5.07. The molecule has 0 aliphatic rings. The number of amides is 1. The van der Waals surface area contributed by atoms with Gasteiger partial charge in [-0.1, -0.05) is 48.5 Å². The first kappa shape index (κ1) is 21.2. The number of para-hydroxylation sites is 1. The van der Waals surface area contributed by atoms with Crippen LogP contribution in [0.2, 0.25) is 0 Å². The van der Waals surface area contributed by atoms with Crippen molar-refractivity contribution < 1.29 is 13.2 Å². The molecule has 0 unspecified atom stereocenters. The zero-order valence-corrected chi connectivity index (χ0v) is 18.5. The largest absolute Gasteiger partial charge is 0.346 e. The van der Waals surface area contributed by atoms with Crippen molar-refractivity contribution in [1.29, 1.82) is 0 Å². The molecule has 0 radical (unpaired) electrons. The van der Waals surface area contributed by atoms with Crippen LogP contribution in [0, 0.1) is 6.92 Å². The van der Waals surface area contributed by atoms with E-state index in [9.17, 15) is 13.2 Å². The maximum absolute atomic E-state index is 12.8. The molecule has 0 atom stereocenters. The van der Waals surface area contributed by atoms with Crippen molar-refractivity contribution in [1.82, 2.24) is 15.0 Å². The molecule has 0 fully saturated rings. The highest BCUT2D eigenvalue weighted by Crippen LogP contribution is 2.22. The lowest BCUT2D eigenvalue weighted by molar-refractivity contribution is 0.0950. The highest BCUT2D eigenvalue weighted by Gasteiger charge is 2.18. The number of nitrogens with one attached hydrogen (secondary N) is 2. The predicted octanol–water partition coefficient (Wildman–Crippen LogP) is 4.01. The van der Waals surface area contributed by atoms with Crippen LogP contribution in [-0.4, -0.2) is 19.3 Å². The Hall–Kier alpha value is -3.07. The van der Waals surface area contributed by atoms with Gasteiger partial charge in [0.2, 0.25) is 10.0 Å². The Morgan fingerprint density at radius 2 is 1.71 bits per heavy atom. The average molecular weight is 452 g/mol. The summed E-state index contributed by atoms with van der Waals surface area (Å²) in [6.07, 6.45) is 0. The van der Waals surface area contributed by atoms with Crippen LogP contribution in [0.15, 0.2) is 77.7 Å². The second-order valence-corrected chi connectivity index (χ2v) is 9.93. The summed E-state index contributed by atoms with van der Waals surface area (Å²) in [7, 11) is -3.76. The molecular formula is C23H21N3O3S2. The Morgan fingerprint density at radius 3 is 2.48 bits per heavy atom. The molecular weight excluding hydrogens is 430 g/mol. The third-order valence-corrected chi connectivity index (χ3v) is 7.25. The van der Waals surface area contributed by atoms with Crippen LogP contribution in [0.1, 0.15) is 26.5 Å². The van der Waals surface area contributed by atoms with Gasteiger partial charge in [-0.05, 0) is 42.3 Å². The van der Waals surface area contributed by atoms with Gasteiger partial charge in [0.25, 0.3) is 5.91 Å². The second-order valence-electron chi connectivity index (χ2n) is 7.04. The fourth-order valence-electron chi connectivity index (χ4n) is 3.12. The van der Waals surface area contributed by atoms with Crippen LogP contribution in [0.3, 0.4) is 0 Å². The third kappa shape index (κ3) is 4.99. The number of aromatic nitrogens is 1. The number of nitrogens with zero attached hydrogens (tertiary/aromatic N) is 1. The first-order chi connectivity index (χ1) is 14.9. The molecule has 0 bridgehead atoms. The van der Waals surface area contributed by atoms with Crippen LogP contribution in [0.25, 0.3) is 10.2 Å². The Balaban J connectivity index is 1.47. The van der Waals surface area contributed by atoms with Crippen LogP contribution < -0.4 is 10.0 Å². The maximum atomic E-state index is 12.8. The molecule has 0 spiro atoms. The highest BCUT2D eigenvalue weighted by atomic mass is 32.2. The molecule has 0 aliphatic carbocycles. The van der Waals surface area contributed by atoms with E-state index in [-0.39, 0.29) is 23.9 Å². The van der Waals surface area contributed by atoms with Gasteiger partial charge in [0.1, 0.15) is 5.01 Å². The first-order valence-corrected chi connectivity index (χ1v) is 12.0. The van der Waals surface area contributed by atoms with E-state index in [0.717, 1.165) is 20.8 Å². The summed E-state index contributed by atoms with van der Waals surface area (Å²) in [6.45, 7) is 2.23. The Bertz CT molecular complexity index is 1300. The predicted molar refractivity (Wildman–Crippen MR) is 122 cm³/mol. The van der Waals surface area contributed by atoms with E-state index in [0.29, 0.717) is 11.1 Å². The van der Waals surface area contributed by atoms with Crippen LogP contribution >= 0.6 is 11.3 Å². The van der Waals surface area contributed by atoms with E-state index in [1.165, 1.54) is 23.5 Å². The number of sulfonamides is 1. The molecule has 4 aromatic rings. The quantitative estimate of drug-likeness (QED) is 0.444. The summed E-state index contributed by atoms with van der Waals surface area (Å²) < 4.78 is 29.1. The lowest BCUT2D eigenvalue weighted by atomic mass is 10.1. The van der Waals surface area contributed by atoms with Crippen LogP contribution in [-0.2, 0) is 23.1 Å². The topological polar surface area (TPSA) is 88.2 Å². The zero-order valence-electron chi connectivity index (χ0n) is 16.8. The lowest BCUT2D eigenvalue weighted by Crippen LogP contribution is -2.26. The van der Waals surface area contributed by atoms with Gasteiger partial charge in [-0.2, -0.15) is 0 Å². The van der Waals surface area contributed by atoms with Crippen molar-refractivity contribution in [3.8, 4) is 0 Å². The number of rotatable bonds is 7. The highest BCUT2D eigenvalue weighted by molar-refractivity contribution is 7.89. The van der Waals surface area contributed by atoms with Gasteiger partial charge in [0.05, 0.1) is 21.7 Å². The molecule has 1 aromatic heterocycles. The van der Waals surface area contributed by atoms with Gasteiger partial charge >= 0.3 is 0 Å². The van der Waals surface area contributed by atoms with Crippen LogP contribution in [0.4, 0.5) is 0 Å². The van der Waals surface area contributed by atoms with Gasteiger partial charge in [-0.25, -0.2) is 18.1 Å². The molecule has 0 aliphatic heterocycles. The van der Waals surface area contributed by atoms with Gasteiger partial charge in [0.15, 0.2) is 0 Å². The van der Waals surface area contributed by atoms with Gasteiger partial charge < -0.3 is 5.32 Å². The number of aryl methyl sites for hydroxylation is 1.